The number of hydrogen-bond acceptors (Lipinski definition) is 9. The van der Waals surface area contributed by atoms with E-state index in [-0.39, 0.29) is 23.5 Å². The van der Waals surface area contributed by atoms with Gasteiger partial charge in [0.15, 0.2) is 11.5 Å². The van der Waals surface area contributed by atoms with Crippen LogP contribution in [0.3, 0.4) is 0 Å². The zero-order valence-corrected chi connectivity index (χ0v) is 23.0. The van der Waals surface area contributed by atoms with Crippen LogP contribution in [0.5, 0.6) is 23.0 Å². The number of ether oxygens (including phenoxy) is 5. The van der Waals surface area contributed by atoms with E-state index in [1.807, 2.05) is 4.90 Å². The van der Waals surface area contributed by atoms with Crippen molar-refractivity contribution in [3.05, 3.63) is 35.9 Å². The molecule has 2 fully saturated rings. The SMILES string of the molecule is COc1ccc(S(=O)(=O)NC[C@@H]2CCCO2)cc1N1CCN(C(=O)c2cc(OC)c(OC)c(OC)c2)CC1. The summed E-state index contributed by atoms with van der Waals surface area (Å²) in [5, 5.41) is 0. The van der Waals surface area contributed by atoms with Gasteiger partial charge in [0.1, 0.15) is 5.75 Å². The summed E-state index contributed by atoms with van der Waals surface area (Å²) in [6.07, 6.45) is 1.68. The van der Waals surface area contributed by atoms with E-state index in [0.717, 1.165) is 12.8 Å². The van der Waals surface area contributed by atoms with Gasteiger partial charge >= 0.3 is 0 Å². The lowest BCUT2D eigenvalue weighted by Crippen LogP contribution is -2.49. The van der Waals surface area contributed by atoms with Crippen LogP contribution in [-0.4, -0.2) is 93.1 Å². The van der Waals surface area contributed by atoms with Gasteiger partial charge in [0.25, 0.3) is 5.91 Å². The molecule has 0 saturated carbocycles. The molecule has 2 aromatic rings. The molecule has 2 saturated heterocycles. The monoisotopic (exact) mass is 549 g/mol. The first-order valence-corrected chi connectivity index (χ1v) is 13.9. The van der Waals surface area contributed by atoms with Gasteiger partial charge < -0.3 is 33.5 Å². The first-order chi connectivity index (χ1) is 18.3. The van der Waals surface area contributed by atoms with Crippen molar-refractivity contribution in [3.8, 4) is 23.0 Å². The van der Waals surface area contributed by atoms with Crippen molar-refractivity contribution in [3.63, 3.8) is 0 Å². The van der Waals surface area contributed by atoms with Crippen LogP contribution >= 0.6 is 0 Å². The van der Waals surface area contributed by atoms with E-state index in [0.29, 0.717) is 67.0 Å². The minimum Gasteiger partial charge on any atom is -0.495 e. The van der Waals surface area contributed by atoms with Gasteiger partial charge in [0.05, 0.1) is 45.1 Å². The third-order valence-corrected chi connectivity index (χ3v) is 8.23. The molecule has 2 heterocycles. The van der Waals surface area contributed by atoms with Crippen molar-refractivity contribution in [2.75, 3.05) is 72.7 Å². The third kappa shape index (κ3) is 5.92. The fraction of sp³-hybridized carbons (Fsp3) is 0.500. The fourth-order valence-corrected chi connectivity index (χ4v) is 5.80. The van der Waals surface area contributed by atoms with E-state index < -0.39 is 10.0 Å². The highest BCUT2D eigenvalue weighted by molar-refractivity contribution is 7.89. The second-order valence-electron chi connectivity index (χ2n) is 9.01. The van der Waals surface area contributed by atoms with Gasteiger partial charge in [0.2, 0.25) is 15.8 Å². The molecule has 12 heteroatoms. The Morgan fingerprint density at radius 3 is 2.16 bits per heavy atom. The van der Waals surface area contributed by atoms with E-state index in [1.54, 1.807) is 36.3 Å². The zero-order valence-electron chi connectivity index (χ0n) is 22.2. The van der Waals surface area contributed by atoms with Crippen LogP contribution in [0.4, 0.5) is 5.69 Å². The van der Waals surface area contributed by atoms with Crippen LogP contribution in [0, 0.1) is 0 Å². The molecule has 0 bridgehead atoms. The summed E-state index contributed by atoms with van der Waals surface area (Å²) in [5.41, 5.74) is 1.09. The van der Waals surface area contributed by atoms with Crippen LogP contribution in [0.2, 0.25) is 0 Å². The molecule has 0 radical (unpaired) electrons. The van der Waals surface area contributed by atoms with Gasteiger partial charge in [-0.25, -0.2) is 13.1 Å². The minimum atomic E-state index is -3.72. The van der Waals surface area contributed by atoms with Crippen LogP contribution in [0.25, 0.3) is 0 Å². The summed E-state index contributed by atoms with van der Waals surface area (Å²) in [6, 6.07) is 8.08. The number of hydrogen-bond donors (Lipinski definition) is 1. The summed E-state index contributed by atoms with van der Waals surface area (Å²) in [5.74, 6) is 1.64. The van der Waals surface area contributed by atoms with Gasteiger partial charge in [-0.05, 0) is 43.2 Å². The minimum absolute atomic E-state index is 0.0984. The van der Waals surface area contributed by atoms with E-state index in [2.05, 4.69) is 4.72 Å². The number of benzene rings is 2. The molecule has 11 nitrogen and oxygen atoms in total. The number of rotatable bonds is 10. The summed E-state index contributed by atoms with van der Waals surface area (Å²) in [7, 11) is 2.34. The molecule has 1 N–H and O–H groups in total. The molecule has 1 atom stereocenters. The number of carbonyl (C=O) groups excluding carboxylic acids is 1. The Labute approximate surface area is 223 Å². The predicted octanol–water partition coefficient (Wildman–Crippen LogP) is 2.14. The molecule has 0 spiro atoms. The van der Waals surface area contributed by atoms with Gasteiger partial charge in [-0.3, -0.25) is 4.79 Å². The molecule has 38 heavy (non-hydrogen) atoms. The predicted molar refractivity (Wildman–Crippen MR) is 141 cm³/mol. The van der Waals surface area contributed by atoms with Crippen molar-refractivity contribution in [1.29, 1.82) is 0 Å². The molecule has 2 aliphatic heterocycles. The Hall–Kier alpha value is -3.22. The average molecular weight is 550 g/mol. The summed E-state index contributed by atoms with van der Waals surface area (Å²) >= 11 is 0. The molecule has 0 aromatic heterocycles. The van der Waals surface area contributed by atoms with Gasteiger partial charge in [-0.2, -0.15) is 0 Å². The second-order valence-corrected chi connectivity index (χ2v) is 10.8. The van der Waals surface area contributed by atoms with Crippen molar-refractivity contribution in [2.45, 2.75) is 23.8 Å². The average Bonchev–Trinajstić information content (AvgIpc) is 3.48. The van der Waals surface area contributed by atoms with Crippen molar-refractivity contribution in [2.24, 2.45) is 0 Å². The number of piperazine rings is 1. The smallest absolute Gasteiger partial charge is 0.254 e. The standard InChI is InChI=1S/C26H35N3O8S/c1-33-22-8-7-20(38(31,32)27-17-19-6-5-13-37-19)16-21(22)28-9-11-29(12-10-28)26(30)18-14-23(34-2)25(36-4)24(15-18)35-3/h7-8,14-16,19,27H,5-6,9-13,17H2,1-4H3/t19-/m0/s1. The highest BCUT2D eigenvalue weighted by atomic mass is 32.2. The van der Waals surface area contributed by atoms with Gasteiger partial charge in [0, 0.05) is 44.9 Å². The topological polar surface area (TPSA) is 116 Å². The summed E-state index contributed by atoms with van der Waals surface area (Å²) < 4.78 is 55.8. The lowest BCUT2D eigenvalue weighted by Gasteiger charge is -2.37. The first-order valence-electron chi connectivity index (χ1n) is 12.4. The number of amides is 1. The zero-order chi connectivity index (χ0) is 27.3. The number of methoxy groups -OCH3 is 4. The number of nitrogens with zero attached hydrogens (tertiary/aromatic N) is 2. The largest absolute Gasteiger partial charge is 0.495 e. The van der Waals surface area contributed by atoms with E-state index in [4.69, 9.17) is 23.7 Å². The first kappa shape index (κ1) is 27.8. The van der Waals surface area contributed by atoms with Crippen LogP contribution in [0.1, 0.15) is 23.2 Å². The molecule has 0 aliphatic carbocycles. The number of sulfonamides is 1. The summed E-state index contributed by atoms with van der Waals surface area (Å²) in [6.45, 7) is 2.77. The molecule has 2 aliphatic rings. The molecular weight excluding hydrogens is 514 g/mol. The van der Waals surface area contributed by atoms with E-state index in [1.165, 1.54) is 27.4 Å². The van der Waals surface area contributed by atoms with Crippen molar-refractivity contribution in [1.82, 2.24) is 9.62 Å². The van der Waals surface area contributed by atoms with Crippen molar-refractivity contribution >= 4 is 21.6 Å². The quantitative estimate of drug-likeness (QED) is 0.476. The fourth-order valence-electron chi connectivity index (χ4n) is 4.71. The Morgan fingerprint density at radius 1 is 0.947 bits per heavy atom. The molecule has 4 rings (SSSR count). The van der Waals surface area contributed by atoms with E-state index in [9.17, 15) is 13.2 Å². The van der Waals surface area contributed by atoms with Crippen LogP contribution < -0.4 is 28.6 Å². The number of nitrogens with one attached hydrogen (secondary N) is 1. The maximum atomic E-state index is 13.3. The third-order valence-electron chi connectivity index (χ3n) is 6.80. The molecular formula is C26H35N3O8S. The summed E-state index contributed by atoms with van der Waals surface area (Å²) in [4.78, 5) is 17.2. The lowest BCUT2D eigenvalue weighted by atomic mass is 10.1. The Kier molecular flexibility index (Phi) is 8.85. The van der Waals surface area contributed by atoms with Crippen LogP contribution in [0.15, 0.2) is 35.2 Å². The molecule has 1 amide bonds. The lowest BCUT2D eigenvalue weighted by molar-refractivity contribution is 0.0745. The highest BCUT2D eigenvalue weighted by Gasteiger charge is 2.27. The van der Waals surface area contributed by atoms with Gasteiger partial charge in [-0.1, -0.05) is 0 Å². The highest BCUT2D eigenvalue weighted by Crippen LogP contribution is 2.39. The normalized spacial score (nSPS) is 17.8. The second kappa shape index (κ2) is 12.1. The van der Waals surface area contributed by atoms with Gasteiger partial charge in [-0.15, -0.1) is 0 Å². The van der Waals surface area contributed by atoms with Crippen molar-refractivity contribution < 1.29 is 36.9 Å². The van der Waals surface area contributed by atoms with E-state index >= 15 is 0 Å². The molecule has 0 unspecified atom stereocenters. The maximum Gasteiger partial charge on any atom is 0.254 e. The Balaban J connectivity index is 1.47. The molecule has 2 aromatic carbocycles. The maximum absolute atomic E-state index is 13.3. The molecule has 208 valence electrons. The Bertz CT molecular complexity index is 1210. The number of carbonyl (C=O) groups is 1. The number of anilines is 1. The van der Waals surface area contributed by atoms with Crippen LogP contribution in [-0.2, 0) is 14.8 Å². The Morgan fingerprint density at radius 2 is 1.61 bits per heavy atom.